The number of amides is 1. The lowest BCUT2D eigenvalue weighted by molar-refractivity contribution is -0.118. The molecule has 0 saturated heterocycles. The lowest BCUT2D eigenvalue weighted by Gasteiger charge is -2.14. The van der Waals surface area contributed by atoms with Crippen LogP contribution in [0.2, 0.25) is 0 Å². The van der Waals surface area contributed by atoms with E-state index in [1.54, 1.807) is 5.32 Å². The maximum absolute atomic E-state index is 13.3. The first-order valence-electron chi connectivity index (χ1n) is 4.91. The first-order valence-corrected chi connectivity index (χ1v) is 4.91. The molecule has 1 aromatic rings. The first kappa shape index (κ1) is 14.1. The number of rotatable bonds is 4. The standard InChI is InChI=1S/C11H9F4NO2/c1-5(17)10(16-11(15)18)3-6-2-8(13)9(14)4-7(6)12/h2,4,10H,3H2,1H3,(H,16,18). The highest BCUT2D eigenvalue weighted by atomic mass is 19.2. The van der Waals surface area contributed by atoms with Crippen molar-refractivity contribution < 1.29 is 27.2 Å². The third-order valence-electron chi connectivity index (χ3n) is 2.29. The number of benzene rings is 1. The number of Topliss-reactive ketones (excluding diaryl/α,β-unsaturated/α-hetero) is 1. The van der Waals surface area contributed by atoms with Crippen molar-refractivity contribution in [3.8, 4) is 0 Å². The van der Waals surface area contributed by atoms with Crippen molar-refractivity contribution in [1.82, 2.24) is 5.32 Å². The summed E-state index contributed by atoms with van der Waals surface area (Å²) >= 11 is 0. The zero-order valence-electron chi connectivity index (χ0n) is 9.27. The molecule has 1 amide bonds. The lowest BCUT2D eigenvalue weighted by atomic mass is 10.0. The van der Waals surface area contributed by atoms with Crippen LogP contribution in [0.5, 0.6) is 0 Å². The SMILES string of the molecule is CC(=O)C(Cc1cc(F)c(F)cc1F)NC(=O)F. The van der Waals surface area contributed by atoms with Crippen molar-refractivity contribution in [2.24, 2.45) is 0 Å². The molecule has 0 aliphatic rings. The van der Waals surface area contributed by atoms with Crippen LogP contribution in [0.1, 0.15) is 12.5 Å². The van der Waals surface area contributed by atoms with Gasteiger partial charge in [-0.3, -0.25) is 4.79 Å². The summed E-state index contributed by atoms with van der Waals surface area (Å²) in [4.78, 5) is 21.3. The first-order chi connectivity index (χ1) is 8.31. The van der Waals surface area contributed by atoms with Crippen LogP contribution in [0.4, 0.5) is 22.4 Å². The second-order valence-corrected chi connectivity index (χ2v) is 3.64. The van der Waals surface area contributed by atoms with Crippen LogP contribution in [0.15, 0.2) is 12.1 Å². The molecule has 1 unspecified atom stereocenters. The molecule has 1 rings (SSSR count). The molecule has 0 saturated carbocycles. The van der Waals surface area contributed by atoms with Crippen molar-refractivity contribution in [3.63, 3.8) is 0 Å². The van der Waals surface area contributed by atoms with Crippen LogP contribution in [-0.4, -0.2) is 18.0 Å². The fraction of sp³-hybridized carbons (Fsp3) is 0.273. The average Bonchev–Trinajstić information content (AvgIpc) is 2.23. The summed E-state index contributed by atoms with van der Waals surface area (Å²) in [5.41, 5.74) is -0.331. The Bertz CT molecular complexity index is 490. The average molecular weight is 263 g/mol. The Balaban J connectivity index is 2.97. The van der Waals surface area contributed by atoms with Gasteiger partial charge in [-0.25, -0.2) is 18.0 Å². The van der Waals surface area contributed by atoms with Crippen LogP contribution in [0.3, 0.4) is 0 Å². The number of carbonyl (C=O) groups is 2. The maximum Gasteiger partial charge on any atom is 0.397 e. The number of hydrogen-bond donors (Lipinski definition) is 1. The van der Waals surface area contributed by atoms with E-state index in [2.05, 4.69) is 0 Å². The second kappa shape index (κ2) is 5.61. The Morgan fingerprint density at radius 1 is 1.17 bits per heavy atom. The molecule has 1 N–H and O–H groups in total. The van der Waals surface area contributed by atoms with Crippen LogP contribution in [-0.2, 0) is 11.2 Å². The van der Waals surface area contributed by atoms with Gasteiger partial charge in [-0.05, 0) is 18.6 Å². The molecule has 0 bridgehead atoms. The number of nitrogens with one attached hydrogen (secondary N) is 1. The minimum absolute atomic E-state index is 0.319. The Labute approximate surface area is 99.8 Å². The predicted molar refractivity (Wildman–Crippen MR) is 54.1 cm³/mol. The Morgan fingerprint density at radius 3 is 2.22 bits per heavy atom. The van der Waals surface area contributed by atoms with E-state index in [4.69, 9.17) is 0 Å². The predicted octanol–water partition coefficient (Wildman–Crippen LogP) is 2.28. The molecule has 3 nitrogen and oxygen atoms in total. The lowest BCUT2D eigenvalue weighted by Crippen LogP contribution is -2.39. The summed E-state index contributed by atoms with van der Waals surface area (Å²) in [5.74, 6) is -4.37. The van der Waals surface area contributed by atoms with Gasteiger partial charge >= 0.3 is 6.16 Å². The van der Waals surface area contributed by atoms with Crippen molar-refractivity contribution in [3.05, 3.63) is 35.1 Å². The summed E-state index contributed by atoms with van der Waals surface area (Å²) in [6.45, 7) is 1.05. The van der Waals surface area contributed by atoms with Gasteiger partial charge in [0.05, 0.1) is 6.04 Å². The summed E-state index contributed by atoms with van der Waals surface area (Å²) < 4.78 is 50.9. The van der Waals surface area contributed by atoms with Gasteiger partial charge in [0.2, 0.25) is 0 Å². The Kier molecular flexibility index (Phi) is 4.41. The highest BCUT2D eigenvalue weighted by Crippen LogP contribution is 2.15. The van der Waals surface area contributed by atoms with Gasteiger partial charge in [0, 0.05) is 12.5 Å². The largest absolute Gasteiger partial charge is 0.397 e. The normalized spacial score (nSPS) is 12.1. The van der Waals surface area contributed by atoms with Crippen LogP contribution >= 0.6 is 0 Å². The van der Waals surface area contributed by atoms with Crippen molar-refractivity contribution in [1.29, 1.82) is 0 Å². The molecule has 0 fully saturated rings. The minimum Gasteiger partial charge on any atom is -0.318 e. The molecule has 0 heterocycles. The van der Waals surface area contributed by atoms with Gasteiger partial charge < -0.3 is 5.32 Å². The van der Waals surface area contributed by atoms with Crippen molar-refractivity contribution in [2.45, 2.75) is 19.4 Å². The molecular weight excluding hydrogens is 254 g/mol. The van der Waals surface area contributed by atoms with Gasteiger partial charge in [0.1, 0.15) is 5.82 Å². The number of halogens is 4. The minimum atomic E-state index is -1.96. The van der Waals surface area contributed by atoms with Crippen LogP contribution in [0, 0.1) is 17.5 Å². The van der Waals surface area contributed by atoms with Crippen molar-refractivity contribution >= 4 is 11.9 Å². The van der Waals surface area contributed by atoms with E-state index in [1.807, 2.05) is 0 Å². The number of carbonyl (C=O) groups excluding carboxylic acids is 2. The number of ketones is 1. The third kappa shape index (κ3) is 3.54. The molecule has 7 heteroatoms. The van der Waals surface area contributed by atoms with Crippen molar-refractivity contribution in [2.75, 3.05) is 0 Å². The second-order valence-electron chi connectivity index (χ2n) is 3.64. The molecule has 0 aliphatic carbocycles. The van der Waals surface area contributed by atoms with Gasteiger partial charge in [-0.15, -0.1) is 4.39 Å². The van der Waals surface area contributed by atoms with E-state index in [0.29, 0.717) is 12.1 Å². The van der Waals surface area contributed by atoms with Gasteiger partial charge in [-0.1, -0.05) is 0 Å². The van der Waals surface area contributed by atoms with Crippen LogP contribution < -0.4 is 5.32 Å². The molecule has 0 spiro atoms. The molecule has 98 valence electrons. The van der Waals surface area contributed by atoms with Gasteiger partial charge in [0.15, 0.2) is 17.4 Å². The maximum atomic E-state index is 13.3. The summed E-state index contributed by atoms with van der Waals surface area (Å²) in [6, 6.07) is -0.453. The highest BCUT2D eigenvalue weighted by Gasteiger charge is 2.20. The molecule has 18 heavy (non-hydrogen) atoms. The van der Waals surface area contributed by atoms with E-state index < -0.39 is 41.9 Å². The molecular formula is C11H9F4NO2. The van der Waals surface area contributed by atoms with E-state index in [0.717, 1.165) is 6.92 Å². The summed E-state index contributed by atoms with van der Waals surface area (Å²) in [6.07, 6.45) is -2.42. The van der Waals surface area contributed by atoms with E-state index in [9.17, 15) is 27.2 Å². The topological polar surface area (TPSA) is 46.2 Å². The Hall–Kier alpha value is -1.92. The van der Waals surface area contributed by atoms with E-state index in [1.165, 1.54) is 0 Å². The molecule has 0 radical (unpaired) electrons. The Morgan fingerprint density at radius 2 is 1.72 bits per heavy atom. The summed E-state index contributed by atoms with van der Waals surface area (Å²) in [5, 5.41) is 1.65. The van der Waals surface area contributed by atoms with E-state index in [-0.39, 0.29) is 5.56 Å². The molecule has 1 aromatic carbocycles. The zero-order chi connectivity index (χ0) is 13.9. The summed E-state index contributed by atoms with van der Waals surface area (Å²) in [7, 11) is 0. The van der Waals surface area contributed by atoms with Crippen LogP contribution in [0.25, 0.3) is 0 Å². The smallest absolute Gasteiger partial charge is 0.318 e. The fourth-order valence-electron chi connectivity index (χ4n) is 1.37. The van der Waals surface area contributed by atoms with E-state index >= 15 is 0 Å². The van der Waals surface area contributed by atoms with Gasteiger partial charge in [-0.2, -0.15) is 0 Å². The molecule has 0 aromatic heterocycles. The highest BCUT2D eigenvalue weighted by molar-refractivity contribution is 5.85. The molecule has 0 aliphatic heterocycles. The van der Waals surface area contributed by atoms with Gasteiger partial charge in [0.25, 0.3) is 0 Å². The number of hydrogen-bond acceptors (Lipinski definition) is 2. The zero-order valence-corrected chi connectivity index (χ0v) is 9.27. The fourth-order valence-corrected chi connectivity index (χ4v) is 1.37. The quantitative estimate of drug-likeness (QED) is 0.392. The third-order valence-corrected chi connectivity index (χ3v) is 2.29. The molecule has 1 atom stereocenters. The monoisotopic (exact) mass is 263 g/mol.